The number of hydrogen-bond donors (Lipinski definition) is 0. The van der Waals surface area contributed by atoms with E-state index < -0.39 is 0 Å². The average Bonchev–Trinajstić information content (AvgIpc) is 3.11. The highest BCUT2D eigenvalue weighted by atomic mass is 15.2. The Morgan fingerprint density at radius 3 is 2.47 bits per heavy atom. The number of nitriles is 1. The van der Waals surface area contributed by atoms with Gasteiger partial charge in [-0.1, -0.05) is 32.0 Å². The molecular formula is C29H31N5. The SMILES string of the molecule is CCc1nc2c(C)cc(C)nc2n1-c1ccc2c(c1C)CCc1ccccc1N2C(C#N)CC. The second kappa shape index (κ2) is 8.61. The number of aromatic nitrogens is 3. The Bertz CT molecular complexity index is 1440. The monoisotopic (exact) mass is 449 g/mol. The van der Waals surface area contributed by atoms with Crippen LogP contribution in [0.15, 0.2) is 42.5 Å². The molecule has 5 rings (SSSR count). The summed E-state index contributed by atoms with van der Waals surface area (Å²) in [5.74, 6) is 1.02. The topological polar surface area (TPSA) is 57.7 Å². The first kappa shape index (κ1) is 22.2. The van der Waals surface area contributed by atoms with E-state index in [-0.39, 0.29) is 6.04 Å². The fraction of sp³-hybridized carbons (Fsp3) is 0.345. The summed E-state index contributed by atoms with van der Waals surface area (Å²) in [6.45, 7) is 10.6. The summed E-state index contributed by atoms with van der Waals surface area (Å²) in [6.07, 6.45) is 3.48. The van der Waals surface area contributed by atoms with Crippen molar-refractivity contribution in [2.75, 3.05) is 4.90 Å². The van der Waals surface area contributed by atoms with Crippen LogP contribution in [-0.4, -0.2) is 20.6 Å². The number of fused-ring (bicyclic) bond motifs is 3. The molecule has 0 radical (unpaired) electrons. The maximum absolute atomic E-state index is 10.0. The molecule has 1 aliphatic rings. The maximum atomic E-state index is 10.0. The molecule has 0 saturated heterocycles. The minimum Gasteiger partial charge on any atom is -0.324 e. The van der Waals surface area contributed by atoms with Crippen LogP contribution < -0.4 is 4.90 Å². The van der Waals surface area contributed by atoms with Crippen molar-refractivity contribution in [3.05, 3.63) is 76.2 Å². The molecule has 0 saturated carbocycles. The van der Waals surface area contributed by atoms with Gasteiger partial charge in [0.05, 0.1) is 11.8 Å². The Morgan fingerprint density at radius 1 is 0.971 bits per heavy atom. The zero-order chi connectivity index (χ0) is 24.0. The Morgan fingerprint density at radius 2 is 1.74 bits per heavy atom. The van der Waals surface area contributed by atoms with E-state index in [1.807, 2.05) is 6.92 Å². The van der Waals surface area contributed by atoms with Gasteiger partial charge < -0.3 is 4.90 Å². The van der Waals surface area contributed by atoms with Crippen molar-refractivity contribution in [3.8, 4) is 11.8 Å². The van der Waals surface area contributed by atoms with Crippen molar-refractivity contribution in [2.45, 2.75) is 66.3 Å². The lowest BCUT2D eigenvalue weighted by atomic mass is 9.98. The molecule has 5 heteroatoms. The van der Waals surface area contributed by atoms with Crippen LogP contribution in [0, 0.1) is 32.1 Å². The number of benzene rings is 2. The zero-order valence-corrected chi connectivity index (χ0v) is 20.7. The van der Waals surface area contributed by atoms with E-state index in [1.165, 1.54) is 16.7 Å². The van der Waals surface area contributed by atoms with Gasteiger partial charge in [-0.3, -0.25) is 4.57 Å². The number of imidazole rings is 1. The molecule has 34 heavy (non-hydrogen) atoms. The molecule has 1 unspecified atom stereocenters. The van der Waals surface area contributed by atoms with Crippen LogP contribution in [0.2, 0.25) is 0 Å². The molecular weight excluding hydrogens is 418 g/mol. The van der Waals surface area contributed by atoms with Crippen molar-refractivity contribution in [1.29, 1.82) is 5.26 Å². The first-order valence-corrected chi connectivity index (χ1v) is 12.2. The van der Waals surface area contributed by atoms with Gasteiger partial charge in [-0.2, -0.15) is 5.26 Å². The molecule has 0 aliphatic carbocycles. The lowest BCUT2D eigenvalue weighted by Gasteiger charge is -2.31. The molecule has 1 aliphatic heterocycles. The summed E-state index contributed by atoms with van der Waals surface area (Å²) >= 11 is 0. The molecule has 0 fully saturated rings. The lowest BCUT2D eigenvalue weighted by molar-refractivity contribution is 0.759. The van der Waals surface area contributed by atoms with E-state index in [4.69, 9.17) is 9.97 Å². The van der Waals surface area contributed by atoms with Gasteiger partial charge in [-0.25, -0.2) is 9.97 Å². The normalized spacial score (nSPS) is 13.8. The van der Waals surface area contributed by atoms with Crippen molar-refractivity contribution in [2.24, 2.45) is 0 Å². The molecule has 0 N–H and O–H groups in total. The molecule has 0 spiro atoms. The fourth-order valence-corrected chi connectivity index (χ4v) is 5.42. The molecule has 1 atom stereocenters. The first-order valence-electron chi connectivity index (χ1n) is 12.2. The Labute approximate surface area is 201 Å². The van der Waals surface area contributed by atoms with Gasteiger partial charge in [0.25, 0.3) is 0 Å². The molecule has 0 amide bonds. The number of anilines is 2. The number of para-hydroxylation sites is 1. The third kappa shape index (κ3) is 3.37. The van der Waals surface area contributed by atoms with Gasteiger partial charge in [0, 0.05) is 23.5 Å². The van der Waals surface area contributed by atoms with Crippen LogP contribution in [0.25, 0.3) is 16.9 Å². The first-order chi connectivity index (χ1) is 16.5. The summed E-state index contributed by atoms with van der Waals surface area (Å²) in [7, 11) is 0. The van der Waals surface area contributed by atoms with Crippen LogP contribution in [0.3, 0.4) is 0 Å². The molecule has 5 nitrogen and oxygen atoms in total. The van der Waals surface area contributed by atoms with Crippen LogP contribution in [0.5, 0.6) is 0 Å². The zero-order valence-electron chi connectivity index (χ0n) is 20.7. The Kier molecular flexibility index (Phi) is 5.61. The number of rotatable bonds is 4. The fourth-order valence-electron chi connectivity index (χ4n) is 5.42. The van der Waals surface area contributed by atoms with Crippen molar-refractivity contribution >= 4 is 22.5 Å². The van der Waals surface area contributed by atoms with E-state index in [0.29, 0.717) is 0 Å². The van der Waals surface area contributed by atoms with Crippen LogP contribution in [0.4, 0.5) is 11.4 Å². The second-order valence-electron chi connectivity index (χ2n) is 9.23. The molecule has 3 heterocycles. The largest absolute Gasteiger partial charge is 0.324 e. The highest BCUT2D eigenvalue weighted by Crippen LogP contribution is 2.41. The highest BCUT2D eigenvalue weighted by molar-refractivity contribution is 5.80. The molecule has 4 aromatic rings. The summed E-state index contributed by atoms with van der Waals surface area (Å²) in [5.41, 5.74) is 11.3. The van der Waals surface area contributed by atoms with Crippen LogP contribution >= 0.6 is 0 Å². The number of pyridine rings is 1. The van der Waals surface area contributed by atoms with E-state index in [0.717, 1.165) is 71.0 Å². The average molecular weight is 450 g/mol. The van der Waals surface area contributed by atoms with Gasteiger partial charge >= 0.3 is 0 Å². The smallest absolute Gasteiger partial charge is 0.165 e. The predicted molar refractivity (Wildman–Crippen MR) is 138 cm³/mol. The van der Waals surface area contributed by atoms with Crippen molar-refractivity contribution in [1.82, 2.24) is 14.5 Å². The summed E-state index contributed by atoms with van der Waals surface area (Å²) in [5, 5.41) is 10.0. The minimum absolute atomic E-state index is 0.213. The Balaban J connectivity index is 1.77. The van der Waals surface area contributed by atoms with Crippen LogP contribution in [-0.2, 0) is 19.3 Å². The van der Waals surface area contributed by atoms with E-state index >= 15 is 0 Å². The number of aryl methyl sites for hydroxylation is 4. The van der Waals surface area contributed by atoms with Crippen molar-refractivity contribution in [3.63, 3.8) is 0 Å². The van der Waals surface area contributed by atoms with Gasteiger partial charge in [0.2, 0.25) is 0 Å². The standard InChI is InChI=1S/C29H31N5/c1-6-22(17-30)33-25-11-9-8-10-21(25)12-13-23-20(5)24(14-15-26(23)33)34-27(7-2)32-28-18(3)16-19(4)31-29(28)34/h8-11,14-16,22H,6-7,12-13H2,1-5H3. The van der Waals surface area contributed by atoms with E-state index in [1.54, 1.807) is 0 Å². The Hall–Kier alpha value is -3.65. The molecule has 2 aromatic heterocycles. The summed E-state index contributed by atoms with van der Waals surface area (Å²) in [4.78, 5) is 12.1. The van der Waals surface area contributed by atoms with Gasteiger partial charge in [0.15, 0.2) is 5.65 Å². The third-order valence-electron chi connectivity index (χ3n) is 7.11. The van der Waals surface area contributed by atoms with Gasteiger partial charge in [0.1, 0.15) is 17.4 Å². The lowest BCUT2D eigenvalue weighted by Crippen LogP contribution is -2.30. The highest BCUT2D eigenvalue weighted by Gasteiger charge is 2.28. The van der Waals surface area contributed by atoms with Crippen molar-refractivity contribution < 1.29 is 0 Å². The number of nitrogens with zero attached hydrogens (tertiary/aromatic N) is 5. The van der Waals surface area contributed by atoms with E-state index in [2.05, 4.69) is 85.7 Å². The quantitative estimate of drug-likeness (QED) is 0.359. The third-order valence-corrected chi connectivity index (χ3v) is 7.11. The summed E-state index contributed by atoms with van der Waals surface area (Å²) < 4.78 is 2.24. The second-order valence-corrected chi connectivity index (χ2v) is 9.23. The van der Waals surface area contributed by atoms with E-state index in [9.17, 15) is 5.26 Å². The predicted octanol–water partition coefficient (Wildman–Crippen LogP) is 6.45. The maximum Gasteiger partial charge on any atom is 0.165 e. The minimum atomic E-state index is -0.213. The van der Waals surface area contributed by atoms with Crippen LogP contribution in [0.1, 0.15) is 54.0 Å². The van der Waals surface area contributed by atoms with Gasteiger partial charge in [-0.15, -0.1) is 0 Å². The summed E-state index contributed by atoms with van der Waals surface area (Å²) in [6, 6.07) is 17.4. The molecule has 0 bridgehead atoms. The molecule has 172 valence electrons. The van der Waals surface area contributed by atoms with Gasteiger partial charge in [-0.05, 0) is 86.6 Å². The molecule has 2 aromatic carbocycles. The number of hydrogen-bond acceptors (Lipinski definition) is 4.